The highest BCUT2D eigenvalue weighted by Gasteiger charge is 2.03. The molecule has 0 radical (unpaired) electrons. The minimum absolute atomic E-state index is 0. The summed E-state index contributed by atoms with van der Waals surface area (Å²) in [6, 6.07) is 16.2. The van der Waals surface area contributed by atoms with Crippen LogP contribution in [0.3, 0.4) is 0 Å². The van der Waals surface area contributed by atoms with Crippen molar-refractivity contribution in [2.45, 2.75) is 0 Å². The first-order valence-electron chi connectivity index (χ1n) is 4.31. The lowest BCUT2D eigenvalue weighted by Gasteiger charge is -1.85. The molecule has 0 aliphatic heterocycles. The maximum absolute atomic E-state index is 5.65. The van der Waals surface area contributed by atoms with Crippen LogP contribution in [0, 0.1) is 0 Å². The molecule has 3 aromatic rings. The molecule has 4 N–H and O–H groups in total. The van der Waals surface area contributed by atoms with Gasteiger partial charge in [-0.15, -0.1) is 24.8 Å². The van der Waals surface area contributed by atoms with Gasteiger partial charge in [-0.2, -0.15) is 0 Å². The van der Waals surface area contributed by atoms with Crippen molar-refractivity contribution in [1.29, 1.82) is 0 Å². The fourth-order valence-corrected chi connectivity index (χ4v) is 1.67. The van der Waals surface area contributed by atoms with Gasteiger partial charge in [0.15, 0.2) is 0 Å². The first-order valence-corrected chi connectivity index (χ1v) is 4.31. The number of benzene rings is 2. The van der Waals surface area contributed by atoms with Crippen LogP contribution in [0.5, 0.6) is 0 Å². The van der Waals surface area contributed by atoms with Crippen molar-refractivity contribution in [1.82, 2.24) is 0 Å². The number of rotatable bonds is 0. The van der Waals surface area contributed by atoms with Crippen molar-refractivity contribution in [2.24, 2.45) is 0 Å². The van der Waals surface area contributed by atoms with Crippen LogP contribution in [0.15, 0.2) is 52.9 Å². The summed E-state index contributed by atoms with van der Waals surface area (Å²) in [7, 11) is 0. The lowest BCUT2D eigenvalue weighted by atomic mass is 10.2. The van der Waals surface area contributed by atoms with Gasteiger partial charge in [0, 0.05) is 10.8 Å². The summed E-state index contributed by atoms with van der Waals surface area (Å²) in [4.78, 5) is 0. The molecular weight excluding hydrogens is 263 g/mol. The van der Waals surface area contributed by atoms with E-state index in [-0.39, 0.29) is 35.8 Å². The number of furan rings is 1. The first kappa shape index (κ1) is 18.1. The molecule has 1 heterocycles. The van der Waals surface area contributed by atoms with Crippen LogP contribution in [0.2, 0.25) is 0 Å². The van der Waals surface area contributed by atoms with Crippen molar-refractivity contribution < 1.29 is 15.4 Å². The number of halogens is 2. The Kier molecular flexibility index (Phi) is 7.61. The standard InChI is InChI=1S/C12H8O.2ClH.2H2O/c1-3-7-11-9(5-1)10-6-2-4-8-12(10)13-11;;;;/h1-8H;2*1H;2*1H2. The minimum atomic E-state index is 0. The zero-order valence-electron chi connectivity index (χ0n) is 8.84. The molecule has 3 nitrogen and oxygen atoms in total. The van der Waals surface area contributed by atoms with E-state index in [2.05, 4.69) is 12.1 Å². The molecule has 2 aromatic carbocycles. The van der Waals surface area contributed by atoms with Gasteiger partial charge in [-0.1, -0.05) is 36.4 Å². The minimum Gasteiger partial charge on any atom is -0.456 e. The van der Waals surface area contributed by atoms with E-state index >= 15 is 0 Å². The van der Waals surface area contributed by atoms with Crippen molar-refractivity contribution in [2.75, 3.05) is 0 Å². The largest absolute Gasteiger partial charge is 0.456 e. The van der Waals surface area contributed by atoms with Crippen LogP contribution in [-0.4, -0.2) is 11.0 Å². The molecule has 0 spiro atoms. The van der Waals surface area contributed by atoms with Crippen LogP contribution >= 0.6 is 24.8 Å². The average Bonchev–Trinajstić information content (AvgIpc) is 2.56. The van der Waals surface area contributed by atoms with Crippen molar-refractivity contribution in [3.63, 3.8) is 0 Å². The SMILES string of the molecule is Cl.Cl.O.O.c1ccc2c(c1)oc1ccccc12. The second-order valence-electron chi connectivity index (χ2n) is 3.09. The van der Waals surface area contributed by atoms with Gasteiger partial charge in [0.1, 0.15) is 11.2 Å². The first-order chi connectivity index (χ1) is 6.45. The Balaban J connectivity index is 0. The zero-order valence-corrected chi connectivity index (χ0v) is 10.5. The Morgan fingerprint density at radius 3 is 1.35 bits per heavy atom. The fourth-order valence-electron chi connectivity index (χ4n) is 1.67. The Bertz CT molecular complexity index is 528. The summed E-state index contributed by atoms with van der Waals surface area (Å²) in [5, 5.41) is 2.39. The van der Waals surface area contributed by atoms with Crippen molar-refractivity contribution >= 4 is 46.8 Å². The van der Waals surface area contributed by atoms with Crippen LogP contribution < -0.4 is 0 Å². The van der Waals surface area contributed by atoms with Gasteiger partial charge in [0.05, 0.1) is 0 Å². The monoisotopic (exact) mass is 276 g/mol. The van der Waals surface area contributed by atoms with E-state index in [0.29, 0.717) is 0 Å². The molecule has 5 heteroatoms. The third-order valence-electron chi connectivity index (χ3n) is 2.28. The average molecular weight is 277 g/mol. The summed E-state index contributed by atoms with van der Waals surface area (Å²) in [5.74, 6) is 0. The van der Waals surface area contributed by atoms with Gasteiger partial charge in [-0.05, 0) is 12.1 Å². The molecule has 0 atom stereocenters. The van der Waals surface area contributed by atoms with Gasteiger partial charge in [-0.25, -0.2) is 0 Å². The van der Waals surface area contributed by atoms with Crippen LogP contribution in [-0.2, 0) is 0 Å². The molecule has 94 valence electrons. The lowest BCUT2D eigenvalue weighted by Crippen LogP contribution is -1.62. The summed E-state index contributed by atoms with van der Waals surface area (Å²) >= 11 is 0. The highest BCUT2D eigenvalue weighted by Crippen LogP contribution is 2.27. The van der Waals surface area contributed by atoms with Crippen LogP contribution in [0.1, 0.15) is 0 Å². The summed E-state index contributed by atoms with van der Waals surface area (Å²) in [6.07, 6.45) is 0. The molecule has 0 fully saturated rings. The van der Waals surface area contributed by atoms with E-state index in [1.807, 2.05) is 36.4 Å². The third-order valence-corrected chi connectivity index (χ3v) is 2.28. The molecule has 0 unspecified atom stereocenters. The Morgan fingerprint density at radius 2 is 0.941 bits per heavy atom. The van der Waals surface area contributed by atoms with E-state index in [0.717, 1.165) is 11.2 Å². The maximum atomic E-state index is 5.65. The molecule has 0 aliphatic rings. The molecule has 1 aromatic heterocycles. The highest BCUT2D eigenvalue weighted by atomic mass is 35.5. The molecule has 0 bridgehead atoms. The fraction of sp³-hybridized carbons (Fsp3) is 0. The molecular formula is C12H14Cl2O3. The Hall–Kier alpha value is -1.26. The zero-order chi connectivity index (χ0) is 8.67. The van der Waals surface area contributed by atoms with Gasteiger partial charge < -0.3 is 15.4 Å². The third kappa shape index (κ3) is 2.90. The van der Waals surface area contributed by atoms with Gasteiger partial charge in [0.2, 0.25) is 0 Å². The number of hydrogen-bond donors (Lipinski definition) is 0. The Labute approximate surface area is 111 Å². The molecule has 17 heavy (non-hydrogen) atoms. The van der Waals surface area contributed by atoms with E-state index in [9.17, 15) is 0 Å². The maximum Gasteiger partial charge on any atom is 0.135 e. The van der Waals surface area contributed by atoms with Crippen LogP contribution in [0.25, 0.3) is 21.9 Å². The summed E-state index contributed by atoms with van der Waals surface area (Å²) < 4.78 is 5.65. The molecule has 3 rings (SSSR count). The molecule has 0 amide bonds. The molecule has 0 aliphatic carbocycles. The molecule has 0 saturated carbocycles. The predicted octanol–water partition coefficient (Wildman–Crippen LogP) is 2.78. The van der Waals surface area contributed by atoms with Crippen molar-refractivity contribution in [3.05, 3.63) is 48.5 Å². The Morgan fingerprint density at radius 1 is 0.588 bits per heavy atom. The number of fused-ring (bicyclic) bond motifs is 3. The normalized spacial score (nSPS) is 8.47. The van der Waals surface area contributed by atoms with E-state index in [1.165, 1.54) is 10.8 Å². The second-order valence-corrected chi connectivity index (χ2v) is 3.09. The number of para-hydroxylation sites is 2. The smallest absolute Gasteiger partial charge is 0.135 e. The highest BCUT2D eigenvalue weighted by molar-refractivity contribution is 6.04. The van der Waals surface area contributed by atoms with E-state index < -0.39 is 0 Å². The van der Waals surface area contributed by atoms with Crippen LogP contribution in [0.4, 0.5) is 0 Å². The van der Waals surface area contributed by atoms with Gasteiger partial charge in [0.25, 0.3) is 0 Å². The van der Waals surface area contributed by atoms with Crippen molar-refractivity contribution in [3.8, 4) is 0 Å². The number of hydrogen-bond acceptors (Lipinski definition) is 1. The topological polar surface area (TPSA) is 76.1 Å². The predicted molar refractivity (Wildman–Crippen MR) is 75.4 cm³/mol. The molecule has 0 saturated heterocycles. The summed E-state index contributed by atoms with van der Waals surface area (Å²) in [6.45, 7) is 0. The van der Waals surface area contributed by atoms with E-state index in [4.69, 9.17) is 4.42 Å². The van der Waals surface area contributed by atoms with Gasteiger partial charge in [-0.3, -0.25) is 0 Å². The lowest BCUT2D eigenvalue weighted by molar-refractivity contribution is 0.669. The van der Waals surface area contributed by atoms with E-state index in [1.54, 1.807) is 0 Å². The summed E-state index contributed by atoms with van der Waals surface area (Å²) in [5.41, 5.74) is 1.92. The second kappa shape index (κ2) is 7.14. The quantitative estimate of drug-likeness (QED) is 0.622. The van der Waals surface area contributed by atoms with Gasteiger partial charge >= 0.3 is 0 Å².